The van der Waals surface area contributed by atoms with Crippen LogP contribution >= 0.6 is 0 Å². The Morgan fingerprint density at radius 1 is 1.21 bits per heavy atom. The van der Waals surface area contributed by atoms with E-state index in [0.717, 1.165) is 6.54 Å². The Bertz CT molecular complexity index is 135. The fourth-order valence-corrected chi connectivity index (χ4v) is 6.74. The van der Waals surface area contributed by atoms with Crippen molar-refractivity contribution in [2.45, 2.75) is 51.7 Å². The van der Waals surface area contributed by atoms with E-state index in [2.05, 4.69) is 20.8 Å². The van der Waals surface area contributed by atoms with Crippen LogP contribution in [-0.4, -0.2) is 22.0 Å². The Kier molecular flexibility index (Phi) is 7.50. The van der Waals surface area contributed by atoms with Gasteiger partial charge in [0.25, 0.3) is 0 Å². The Hall–Kier alpha value is 0.137. The van der Waals surface area contributed by atoms with Gasteiger partial charge in [-0.15, -0.1) is 0 Å². The maximum Gasteiger partial charge on any atom is 0.192 e. The summed E-state index contributed by atoms with van der Waals surface area (Å²) in [4.78, 5) is 0. The molecule has 0 saturated carbocycles. The summed E-state index contributed by atoms with van der Waals surface area (Å²) in [6, 6.07) is 3.82. The Balaban J connectivity index is 4.31. The summed E-state index contributed by atoms with van der Waals surface area (Å²) in [6.45, 7) is 7.55. The van der Waals surface area contributed by atoms with Crippen LogP contribution in [-0.2, 0) is 4.43 Å². The van der Waals surface area contributed by atoms with Crippen LogP contribution in [0.2, 0.25) is 18.1 Å². The first kappa shape index (κ1) is 14.1. The van der Waals surface area contributed by atoms with Gasteiger partial charge in [-0.3, -0.25) is 0 Å². The molecular formula is C11H27NOSi. The summed E-state index contributed by atoms with van der Waals surface area (Å²) in [6.07, 6.45) is 2.49. The summed E-state index contributed by atoms with van der Waals surface area (Å²) in [5.41, 5.74) is 5.69. The fraction of sp³-hybridized carbons (Fsp3) is 1.00. The van der Waals surface area contributed by atoms with Crippen molar-refractivity contribution >= 4 is 8.32 Å². The SMILES string of the molecule is CCC[Si](CCC)(CC(C)CN)OC. The molecule has 0 bridgehead atoms. The van der Waals surface area contributed by atoms with Gasteiger partial charge in [0, 0.05) is 7.11 Å². The molecule has 0 aromatic heterocycles. The van der Waals surface area contributed by atoms with E-state index in [0.29, 0.717) is 5.92 Å². The van der Waals surface area contributed by atoms with E-state index in [4.69, 9.17) is 10.2 Å². The lowest BCUT2D eigenvalue weighted by Crippen LogP contribution is -2.39. The zero-order valence-electron chi connectivity index (χ0n) is 10.3. The average molecular weight is 217 g/mol. The van der Waals surface area contributed by atoms with Crippen molar-refractivity contribution in [3.63, 3.8) is 0 Å². The van der Waals surface area contributed by atoms with Gasteiger partial charge in [-0.2, -0.15) is 0 Å². The summed E-state index contributed by atoms with van der Waals surface area (Å²) in [7, 11) is 0.470. The minimum absolute atomic E-state index is 0.625. The van der Waals surface area contributed by atoms with Gasteiger partial charge in [0.1, 0.15) is 0 Å². The second-order valence-electron chi connectivity index (χ2n) is 4.43. The highest BCUT2D eigenvalue weighted by Crippen LogP contribution is 2.28. The fourth-order valence-electron chi connectivity index (χ4n) is 2.25. The number of rotatable bonds is 8. The van der Waals surface area contributed by atoms with Gasteiger partial charge >= 0.3 is 0 Å². The molecule has 0 saturated heterocycles. The van der Waals surface area contributed by atoms with Gasteiger partial charge in [0.15, 0.2) is 8.32 Å². The molecule has 0 aliphatic rings. The monoisotopic (exact) mass is 217 g/mol. The molecule has 0 fully saturated rings. The molecule has 1 unspecified atom stereocenters. The van der Waals surface area contributed by atoms with Crippen molar-refractivity contribution in [2.24, 2.45) is 11.7 Å². The lowest BCUT2D eigenvalue weighted by atomic mass is 10.2. The van der Waals surface area contributed by atoms with Crippen molar-refractivity contribution in [3.8, 4) is 0 Å². The van der Waals surface area contributed by atoms with Crippen LogP contribution in [0, 0.1) is 5.92 Å². The first-order chi connectivity index (χ1) is 6.64. The zero-order chi connectivity index (χ0) is 11.0. The molecule has 0 radical (unpaired) electrons. The zero-order valence-corrected chi connectivity index (χ0v) is 11.3. The van der Waals surface area contributed by atoms with E-state index >= 15 is 0 Å². The highest BCUT2D eigenvalue weighted by molar-refractivity contribution is 6.73. The smallest absolute Gasteiger partial charge is 0.192 e. The predicted octanol–water partition coefficient (Wildman–Crippen LogP) is 2.99. The van der Waals surface area contributed by atoms with Crippen LogP contribution in [0.1, 0.15) is 33.6 Å². The molecule has 14 heavy (non-hydrogen) atoms. The molecule has 1 atom stereocenters. The molecule has 3 heteroatoms. The van der Waals surface area contributed by atoms with Crippen LogP contribution in [0.3, 0.4) is 0 Å². The standard InChI is InChI=1S/C11H27NOSi/c1-5-7-14(13-4,8-6-2)10-11(3)9-12/h11H,5-10,12H2,1-4H3. The first-order valence-corrected chi connectivity index (χ1v) is 8.42. The molecule has 0 rings (SSSR count). The van der Waals surface area contributed by atoms with Crippen molar-refractivity contribution in [3.05, 3.63) is 0 Å². The van der Waals surface area contributed by atoms with Crippen LogP contribution in [0.15, 0.2) is 0 Å². The molecule has 0 aromatic carbocycles. The van der Waals surface area contributed by atoms with Crippen LogP contribution < -0.4 is 5.73 Å². The third-order valence-electron chi connectivity index (χ3n) is 2.97. The van der Waals surface area contributed by atoms with E-state index in [1.807, 2.05) is 7.11 Å². The molecular weight excluding hydrogens is 190 g/mol. The molecule has 2 nitrogen and oxygen atoms in total. The Morgan fingerprint density at radius 3 is 2.00 bits per heavy atom. The second kappa shape index (κ2) is 7.43. The quantitative estimate of drug-likeness (QED) is 0.634. The third-order valence-corrected chi connectivity index (χ3v) is 8.10. The van der Waals surface area contributed by atoms with E-state index in [1.165, 1.54) is 31.0 Å². The minimum atomic E-state index is -1.43. The summed E-state index contributed by atoms with van der Waals surface area (Å²) >= 11 is 0. The van der Waals surface area contributed by atoms with Crippen molar-refractivity contribution in [1.29, 1.82) is 0 Å². The van der Waals surface area contributed by atoms with Crippen LogP contribution in [0.25, 0.3) is 0 Å². The third kappa shape index (κ3) is 4.58. The summed E-state index contributed by atoms with van der Waals surface area (Å²) < 4.78 is 5.87. The van der Waals surface area contributed by atoms with Gasteiger partial charge in [0.05, 0.1) is 0 Å². The van der Waals surface area contributed by atoms with Crippen LogP contribution in [0.5, 0.6) is 0 Å². The number of nitrogens with two attached hydrogens (primary N) is 1. The van der Waals surface area contributed by atoms with Crippen LogP contribution in [0.4, 0.5) is 0 Å². The average Bonchev–Trinajstić information content (AvgIpc) is 2.18. The maximum absolute atomic E-state index is 5.87. The largest absolute Gasteiger partial charge is 0.420 e. The highest BCUT2D eigenvalue weighted by atomic mass is 28.4. The molecule has 86 valence electrons. The predicted molar refractivity (Wildman–Crippen MR) is 66.0 cm³/mol. The molecule has 0 heterocycles. The van der Waals surface area contributed by atoms with Crippen molar-refractivity contribution < 1.29 is 4.43 Å². The van der Waals surface area contributed by atoms with Gasteiger partial charge in [0.2, 0.25) is 0 Å². The Morgan fingerprint density at radius 2 is 1.71 bits per heavy atom. The van der Waals surface area contributed by atoms with Crippen molar-refractivity contribution in [1.82, 2.24) is 0 Å². The van der Waals surface area contributed by atoms with E-state index < -0.39 is 8.32 Å². The van der Waals surface area contributed by atoms with Gasteiger partial charge in [-0.05, 0) is 30.6 Å². The molecule has 0 aliphatic heterocycles. The molecule has 2 N–H and O–H groups in total. The lowest BCUT2D eigenvalue weighted by Gasteiger charge is -2.31. The van der Waals surface area contributed by atoms with Gasteiger partial charge < -0.3 is 10.2 Å². The van der Waals surface area contributed by atoms with Gasteiger partial charge in [-0.25, -0.2) is 0 Å². The van der Waals surface area contributed by atoms with E-state index in [1.54, 1.807) is 0 Å². The molecule has 0 aliphatic carbocycles. The Labute approximate surface area is 90.3 Å². The number of hydrogen-bond acceptors (Lipinski definition) is 2. The summed E-state index contributed by atoms with van der Waals surface area (Å²) in [5, 5.41) is 0. The lowest BCUT2D eigenvalue weighted by molar-refractivity contribution is 0.377. The maximum atomic E-state index is 5.87. The molecule has 0 aromatic rings. The van der Waals surface area contributed by atoms with E-state index in [-0.39, 0.29) is 0 Å². The number of hydrogen-bond donors (Lipinski definition) is 1. The topological polar surface area (TPSA) is 35.2 Å². The molecule has 0 amide bonds. The summed E-state index contributed by atoms with van der Waals surface area (Å²) in [5.74, 6) is 0.625. The second-order valence-corrected chi connectivity index (χ2v) is 8.61. The molecule has 0 spiro atoms. The highest BCUT2D eigenvalue weighted by Gasteiger charge is 2.33. The first-order valence-electron chi connectivity index (χ1n) is 5.89. The van der Waals surface area contributed by atoms with Crippen molar-refractivity contribution in [2.75, 3.05) is 13.7 Å². The van der Waals surface area contributed by atoms with Gasteiger partial charge in [-0.1, -0.05) is 33.6 Å². The minimum Gasteiger partial charge on any atom is -0.420 e. The normalized spacial score (nSPS) is 14.4. The van der Waals surface area contributed by atoms with E-state index in [9.17, 15) is 0 Å².